The van der Waals surface area contributed by atoms with Gasteiger partial charge >= 0.3 is 0 Å². The molecule has 0 aliphatic carbocycles. The van der Waals surface area contributed by atoms with Gasteiger partial charge in [0, 0.05) is 12.6 Å². The second kappa shape index (κ2) is 4.41. The normalized spacial score (nSPS) is 12.3. The topological polar surface area (TPSA) is 50.1 Å². The minimum atomic E-state index is 0.112. The van der Waals surface area contributed by atoms with E-state index in [1.54, 1.807) is 7.05 Å². The highest BCUT2D eigenvalue weighted by molar-refractivity contribution is 7.80. The summed E-state index contributed by atoms with van der Waals surface area (Å²) in [6.07, 6.45) is 0. The molecule has 1 rings (SSSR count). The molecular weight excluding hydrogens is 198 g/mol. The molecule has 0 aliphatic heterocycles. The molecule has 1 heterocycles. The van der Waals surface area contributed by atoms with E-state index in [0.717, 1.165) is 17.0 Å². The van der Waals surface area contributed by atoms with Gasteiger partial charge in [0.2, 0.25) is 0 Å². The first-order chi connectivity index (χ1) is 6.56. The lowest BCUT2D eigenvalue weighted by molar-refractivity contribution is 0.391. The molecule has 0 spiro atoms. The smallest absolute Gasteiger partial charge is 0.166 e. The molecule has 0 saturated carbocycles. The third-order valence-corrected chi connectivity index (χ3v) is 2.42. The Bertz CT molecular complexity index is 315. The van der Waals surface area contributed by atoms with Crippen molar-refractivity contribution in [3.63, 3.8) is 0 Å². The summed E-state index contributed by atoms with van der Waals surface area (Å²) in [6.45, 7) is 5.85. The van der Waals surface area contributed by atoms with Gasteiger partial charge in [-0.25, -0.2) is 0 Å². The molecule has 0 aromatic carbocycles. The number of nitrogens with one attached hydrogen (secondary N) is 2. The van der Waals surface area contributed by atoms with Crippen molar-refractivity contribution in [1.82, 2.24) is 15.8 Å². The van der Waals surface area contributed by atoms with Gasteiger partial charge in [-0.2, -0.15) is 0 Å². The SMILES string of the molecule is CNC(=S)NC(C)c1c(C)noc1C. The summed E-state index contributed by atoms with van der Waals surface area (Å²) in [4.78, 5) is 0. The minimum Gasteiger partial charge on any atom is -0.366 e. The number of aryl methyl sites for hydroxylation is 2. The first kappa shape index (κ1) is 11.0. The molecule has 1 aromatic rings. The lowest BCUT2D eigenvalue weighted by Gasteiger charge is -2.14. The van der Waals surface area contributed by atoms with Crippen LogP contribution < -0.4 is 10.6 Å². The molecule has 0 fully saturated rings. The molecule has 0 bridgehead atoms. The fourth-order valence-corrected chi connectivity index (χ4v) is 1.63. The monoisotopic (exact) mass is 213 g/mol. The van der Waals surface area contributed by atoms with Gasteiger partial charge in [0.15, 0.2) is 5.11 Å². The van der Waals surface area contributed by atoms with Crippen molar-refractivity contribution in [2.75, 3.05) is 7.05 Å². The van der Waals surface area contributed by atoms with E-state index in [9.17, 15) is 0 Å². The lowest BCUT2D eigenvalue weighted by atomic mass is 10.1. The maximum atomic E-state index is 5.08. The molecular formula is C9H15N3OS. The second-order valence-electron chi connectivity index (χ2n) is 3.18. The molecule has 0 aliphatic rings. The number of rotatable bonds is 2. The van der Waals surface area contributed by atoms with E-state index in [1.165, 1.54) is 0 Å². The summed E-state index contributed by atoms with van der Waals surface area (Å²) in [5, 5.41) is 10.5. The first-order valence-electron chi connectivity index (χ1n) is 4.47. The van der Waals surface area contributed by atoms with Crippen LogP contribution in [0.5, 0.6) is 0 Å². The molecule has 5 heteroatoms. The van der Waals surface area contributed by atoms with Gasteiger partial charge in [-0.1, -0.05) is 5.16 Å². The fraction of sp³-hybridized carbons (Fsp3) is 0.556. The number of hydrogen-bond acceptors (Lipinski definition) is 3. The van der Waals surface area contributed by atoms with Gasteiger partial charge in [0.05, 0.1) is 11.7 Å². The Morgan fingerprint density at radius 1 is 1.50 bits per heavy atom. The van der Waals surface area contributed by atoms with E-state index in [0.29, 0.717) is 5.11 Å². The Kier molecular flexibility index (Phi) is 3.46. The van der Waals surface area contributed by atoms with Crippen LogP contribution in [0, 0.1) is 13.8 Å². The van der Waals surface area contributed by atoms with Gasteiger partial charge in [-0.15, -0.1) is 0 Å². The Morgan fingerprint density at radius 3 is 2.57 bits per heavy atom. The van der Waals surface area contributed by atoms with Gasteiger partial charge in [-0.3, -0.25) is 0 Å². The molecule has 0 amide bonds. The molecule has 0 radical (unpaired) electrons. The summed E-state index contributed by atoms with van der Waals surface area (Å²) in [6, 6.07) is 0.112. The molecule has 0 saturated heterocycles. The Hall–Kier alpha value is -1.10. The average Bonchev–Trinajstić information content (AvgIpc) is 2.46. The van der Waals surface area contributed by atoms with Crippen LogP contribution in [0.1, 0.15) is 30.0 Å². The summed E-state index contributed by atoms with van der Waals surface area (Å²) in [7, 11) is 1.79. The largest absolute Gasteiger partial charge is 0.366 e. The lowest BCUT2D eigenvalue weighted by Crippen LogP contribution is -2.34. The van der Waals surface area contributed by atoms with Crippen LogP contribution >= 0.6 is 12.2 Å². The molecule has 2 N–H and O–H groups in total. The number of hydrogen-bond donors (Lipinski definition) is 2. The van der Waals surface area contributed by atoms with Crippen LogP contribution in [0.4, 0.5) is 0 Å². The zero-order valence-electron chi connectivity index (χ0n) is 8.84. The molecule has 78 valence electrons. The van der Waals surface area contributed by atoms with E-state index in [-0.39, 0.29) is 6.04 Å². The van der Waals surface area contributed by atoms with Crippen LogP contribution in [0.3, 0.4) is 0 Å². The zero-order valence-corrected chi connectivity index (χ0v) is 9.66. The van der Waals surface area contributed by atoms with Crippen molar-refractivity contribution in [2.24, 2.45) is 0 Å². The third-order valence-electron chi connectivity index (χ3n) is 2.10. The Labute approximate surface area is 89.0 Å². The maximum absolute atomic E-state index is 5.08. The highest BCUT2D eigenvalue weighted by atomic mass is 32.1. The fourth-order valence-electron chi connectivity index (χ4n) is 1.45. The van der Waals surface area contributed by atoms with Crippen molar-refractivity contribution in [3.05, 3.63) is 17.0 Å². The van der Waals surface area contributed by atoms with Crippen molar-refractivity contribution in [3.8, 4) is 0 Å². The van der Waals surface area contributed by atoms with E-state index >= 15 is 0 Å². The van der Waals surface area contributed by atoms with Crippen LogP contribution in [-0.4, -0.2) is 17.3 Å². The summed E-state index contributed by atoms with van der Waals surface area (Å²) in [5.74, 6) is 0.835. The predicted octanol–water partition coefficient (Wildman–Crippen LogP) is 1.45. The molecule has 1 unspecified atom stereocenters. The third kappa shape index (κ3) is 2.23. The maximum Gasteiger partial charge on any atom is 0.166 e. The first-order valence-corrected chi connectivity index (χ1v) is 4.88. The van der Waals surface area contributed by atoms with Gasteiger partial charge < -0.3 is 15.2 Å². The van der Waals surface area contributed by atoms with Gasteiger partial charge in [0.1, 0.15) is 5.76 Å². The minimum absolute atomic E-state index is 0.112. The van der Waals surface area contributed by atoms with Crippen molar-refractivity contribution < 1.29 is 4.52 Å². The van der Waals surface area contributed by atoms with E-state index < -0.39 is 0 Å². The average molecular weight is 213 g/mol. The summed E-state index contributed by atoms with van der Waals surface area (Å²) < 4.78 is 5.08. The second-order valence-corrected chi connectivity index (χ2v) is 3.59. The van der Waals surface area contributed by atoms with Crippen LogP contribution in [0.15, 0.2) is 4.52 Å². The highest BCUT2D eigenvalue weighted by Crippen LogP contribution is 2.20. The Balaban J connectivity index is 2.78. The highest BCUT2D eigenvalue weighted by Gasteiger charge is 2.16. The van der Waals surface area contributed by atoms with E-state index in [2.05, 4.69) is 15.8 Å². The van der Waals surface area contributed by atoms with Gasteiger partial charge in [-0.05, 0) is 33.0 Å². The molecule has 1 aromatic heterocycles. The molecule has 1 atom stereocenters. The van der Waals surface area contributed by atoms with E-state index in [1.807, 2.05) is 20.8 Å². The van der Waals surface area contributed by atoms with E-state index in [4.69, 9.17) is 16.7 Å². The van der Waals surface area contributed by atoms with Crippen molar-refractivity contribution >= 4 is 17.3 Å². The quantitative estimate of drug-likeness (QED) is 0.728. The van der Waals surface area contributed by atoms with Crippen molar-refractivity contribution in [2.45, 2.75) is 26.8 Å². The van der Waals surface area contributed by atoms with Crippen molar-refractivity contribution in [1.29, 1.82) is 0 Å². The van der Waals surface area contributed by atoms with Crippen LogP contribution in [0.2, 0.25) is 0 Å². The molecule has 14 heavy (non-hydrogen) atoms. The molecule has 4 nitrogen and oxygen atoms in total. The van der Waals surface area contributed by atoms with Gasteiger partial charge in [0.25, 0.3) is 0 Å². The summed E-state index contributed by atoms with van der Waals surface area (Å²) in [5.41, 5.74) is 1.98. The summed E-state index contributed by atoms with van der Waals surface area (Å²) >= 11 is 5.02. The Morgan fingerprint density at radius 2 is 2.14 bits per heavy atom. The standard InChI is InChI=1S/C9H15N3OS/c1-5(11-9(14)10-4)8-6(2)12-13-7(8)3/h5H,1-4H3,(H2,10,11,14). The predicted molar refractivity (Wildman–Crippen MR) is 59.2 cm³/mol. The zero-order chi connectivity index (χ0) is 10.7. The number of aromatic nitrogens is 1. The number of nitrogens with zero attached hydrogens (tertiary/aromatic N) is 1. The van der Waals surface area contributed by atoms with Crippen LogP contribution in [0.25, 0.3) is 0 Å². The van der Waals surface area contributed by atoms with Crippen LogP contribution in [-0.2, 0) is 0 Å². The number of thiocarbonyl (C=S) groups is 1.